The highest BCUT2D eigenvalue weighted by Crippen LogP contribution is 2.50. The van der Waals surface area contributed by atoms with Crippen LogP contribution in [0.4, 0.5) is 0 Å². The molecule has 3 rings (SSSR count). The van der Waals surface area contributed by atoms with E-state index in [-0.39, 0.29) is 0 Å². The smallest absolute Gasteiger partial charge is 0.0688 e. The molecule has 0 radical (unpaired) electrons. The molecule has 1 aromatic heterocycles. The largest absolute Gasteiger partial charge is 0.155 e. The van der Waals surface area contributed by atoms with Gasteiger partial charge in [-0.2, -0.15) is 10.2 Å². The fourth-order valence-corrected chi connectivity index (χ4v) is 3.34. The first kappa shape index (κ1) is 15.2. The first-order valence-electron chi connectivity index (χ1n) is 8.33. The van der Waals surface area contributed by atoms with Gasteiger partial charge in [0.2, 0.25) is 0 Å². The van der Waals surface area contributed by atoms with Crippen molar-refractivity contribution >= 4 is 0 Å². The summed E-state index contributed by atoms with van der Waals surface area (Å²) < 4.78 is 0. The SMILES string of the molecule is Cc1ccc(C2(Cc3nnc(C(C)C)c(C)c3C)CC2)cc1. The Balaban J connectivity index is 1.90. The molecular formula is C20H26N2. The van der Waals surface area contributed by atoms with Crippen LogP contribution in [0.1, 0.15) is 66.2 Å². The van der Waals surface area contributed by atoms with Crippen molar-refractivity contribution < 1.29 is 0 Å². The molecule has 2 nitrogen and oxygen atoms in total. The lowest BCUT2D eigenvalue weighted by Crippen LogP contribution is -2.15. The molecular weight excluding hydrogens is 268 g/mol. The van der Waals surface area contributed by atoms with Gasteiger partial charge in [-0.15, -0.1) is 0 Å². The van der Waals surface area contributed by atoms with Crippen molar-refractivity contribution in [3.05, 3.63) is 57.9 Å². The zero-order valence-electron chi connectivity index (χ0n) is 14.4. The molecule has 2 heteroatoms. The molecule has 0 aliphatic heterocycles. The number of hydrogen-bond donors (Lipinski definition) is 0. The maximum absolute atomic E-state index is 4.58. The highest BCUT2D eigenvalue weighted by molar-refractivity contribution is 5.38. The second-order valence-corrected chi connectivity index (χ2v) is 7.26. The summed E-state index contributed by atoms with van der Waals surface area (Å²) in [6.07, 6.45) is 3.55. The third-order valence-electron chi connectivity index (χ3n) is 5.23. The van der Waals surface area contributed by atoms with Crippen molar-refractivity contribution in [2.24, 2.45) is 0 Å². The van der Waals surface area contributed by atoms with Crippen LogP contribution in [0.3, 0.4) is 0 Å². The molecule has 1 heterocycles. The zero-order chi connectivity index (χ0) is 15.9. The summed E-state index contributed by atoms with van der Waals surface area (Å²) in [5, 5.41) is 9.09. The molecule has 0 saturated heterocycles. The first-order valence-corrected chi connectivity index (χ1v) is 8.33. The van der Waals surface area contributed by atoms with Crippen LogP contribution >= 0.6 is 0 Å². The highest BCUT2D eigenvalue weighted by atomic mass is 15.1. The minimum absolute atomic E-state index is 0.304. The monoisotopic (exact) mass is 294 g/mol. The Morgan fingerprint density at radius 2 is 1.59 bits per heavy atom. The molecule has 2 aromatic rings. The molecule has 1 saturated carbocycles. The summed E-state index contributed by atoms with van der Waals surface area (Å²) in [6.45, 7) is 10.9. The van der Waals surface area contributed by atoms with Crippen molar-refractivity contribution in [1.82, 2.24) is 10.2 Å². The van der Waals surface area contributed by atoms with Gasteiger partial charge in [0.15, 0.2) is 0 Å². The zero-order valence-corrected chi connectivity index (χ0v) is 14.4. The lowest BCUT2D eigenvalue weighted by molar-refractivity contribution is 0.647. The van der Waals surface area contributed by atoms with E-state index in [1.54, 1.807) is 0 Å². The van der Waals surface area contributed by atoms with Crippen LogP contribution in [0.5, 0.6) is 0 Å². The lowest BCUT2D eigenvalue weighted by atomic mass is 9.88. The van der Waals surface area contributed by atoms with Crippen molar-refractivity contribution in [3.8, 4) is 0 Å². The third-order valence-corrected chi connectivity index (χ3v) is 5.23. The summed E-state index contributed by atoms with van der Waals surface area (Å²) in [6, 6.07) is 9.03. The number of nitrogens with zero attached hydrogens (tertiary/aromatic N) is 2. The predicted octanol–water partition coefficient (Wildman–Crippen LogP) is 4.80. The molecule has 0 spiro atoms. The van der Waals surface area contributed by atoms with Crippen LogP contribution in [0, 0.1) is 20.8 Å². The molecule has 1 aliphatic carbocycles. The minimum atomic E-state index is 0.304. The molecule has 0 amide bonds. The Kier molecular flexibility index (Phi) is 3.80. The van der Waals surface area contributed by atoms with Gasteiger partial charge < -0.3 is 0 Å². The van der Waals surface area contributed by atoms with Gasteiger partial charge >= 0.3 is 0 Å². The number of rotatable bonds is 4. The van der Waals surface area contributed by atoms with E-state index in [1.165, 1.54) is 40.8 Å². The van der Waals surface area contributed by atoms with Crippen molar-refractivity contribution in [1.29, 1.82) is 0 Å². The van der Waals surface area contributed by atoms with Crippen LogP contribution in [-0.2, 0) is 11.8 Å². The van der Waals surface area contributed by atoms with Gasteiger partial charge in [0.05, 0.1) is 11.4 Å². The highest BCUT2D eigenvalue weighted by Gasteiger charge is 2.44. The van der Waals surface area contributed by atoms with Crippen LogP contribution in [0.25, 0.3) is 0 Å². The van der Waals surface area contributed by atoms with Crippen LogP contribution in [-0.4, -0.2) is 10.2 Å². The number of aryl methyl sites for hydroxylation is 1. The van der Waals surface area contributed by atoms with Gasteiger partial charge in [0, 0.05) is 11.8 Å². The number of aromatic nitrogens is 2. The van der Waals surface area contributed by atoms with Crippen molar-refractivity contribution in [2.75, 3.05) is 0 Å². The van der Waals surface area contributed by atoms with E-state index < -0.39 is 0 Å². The minimum Gasteiger partial charge on any atom is -0.155 e. The maximum atomic E-state index is 4.58. The fraction of sp³-hybridized carbons (Fsp3) is 0.500. The topological polar surface area (TPSA) is 25.8 Å². The normalized spacial score (nSPS) is 16.1. The molecule has 1 fully saturated rings. The van der Waals surface area contributed by atoms with E-state index in [0.29, 0.717) is 11.3 Å². The first-order chi connectivity index (χ1) is 10.4. The van der Waals surface area contributed by atoms with Gasteiger partial charge in [-0.25, -0.2) is 0 Å². The summed E-state index contributed by atoms with van der Waals surface area (Å²) in [4.78, 5) is 0. The molecule has 0 atom stereocenters. The average molecular weight is 294 g/mol. The Morgan fingerprint density at radius 3 is 2.14 bits per heavy atom. The molecule has 0 bridgehead atoms. The van der Waals surface area contributed by atoms with Gasteiger partial charge in [-0.05, 0) is 56.2 Å². The third kappa shape index (κ3) is 2.67. The standard InChI is InChI=1S/C20H26N2/c1-13(2)19-16(5)15(4)18(21-22-19)12-20(10-11-20)17-8-6-14(3)7-9-17/h6-9,13H,10-12H2,1-5H3. The molecule has 0 unspecified atom stereocenters. The average Bonchev–Trinajstić information content (AvgIpc) is 3.25. The maximum Gasteiger partial charge on any atom is 0.0688 e. The molecule has 0 N–H and O–H groups in total. The summed E-state index contributed by atoms with van der Waals surface area (Å²) in [7, 11) is 0. The van der Waals surface area contributed by atoms with Crippen molar-refractivity contribution in [3.63, 3.8) is 0 Å². The number of hydrogen-bond acceptors (Lipinski definition) is 2. The van der Waals surface area contributed by atoms with E-state index in [4.69, 9.17) is 0 Å². The van der Waals surface area contributed by atoms with E-state index >= 15 is 0 Å². The molecule has 1 aliphatic rings. The van der Waals surface area contributed by atoms with E-state index in [2.05, 4.69) is 69.1 Å². The van der Waals surface area contributed by atoms with Gasteiger partial charge in [0.1, 0.15) is 0 Å². The van der Waals surface area contributed by atoms with E-state index in [1.807, 2.05) is 0 Å². The predicted molar refractivity (Wildman–Crippen MR) is 91.4 cm³/mol. The molecule has 1 aromatic carbocycles. The Hall–Kier alpha value is -1.70. The van der Waals surface area contributed by atoms with Crippen LogP contribution < -0.4 is 0 Å². The number of benzene rings is 1. The second-order valence-electron chi connectivity index (χ2n) is 7.26. The van der Waals surface area contributed by atoms with Gasteiger partial charge in [0.25, 0.3) is 0 Å². The second kappa shape index (κ2) is 5.49. The van der Waals surface area contributed by atoms with Crippen LogP contribution in [0.2, 0.25) is 0 Å². The lowest BCUT2D eigenvalue weighted by Gasteiger charge is -2.19. The summed E-state index contributed by atoms with van der Waals surface area (Å²) in [5.74, 6) is 0.437. The van der Waals surface area contributed by atoms with Gasteiger partial charge in [-0.1, -0.05) is 43.7 Å². The summed E-state index contributed by atoms with van der Waals surface area (Å²) in [5.41, 5.74) is 8.06. The summed E-state index contributed by atoms with van der Waals surface area (Å²) >= 11 is 0. The Morgan fingerprint density at radius 1 is 0.955 bits per heavy atom. The fourth-order valence-electron chi connectivity index (χ4n) is 3.34. The van der Waals surface area contributed by atoms with Crippen LogP contribution in [0.15, 0.2) is 24.3 Å². The molecule has 116 valence electrons. The van der Waals surface area contributed by atoms with Crippen molar-refractivity contribution in [2.45, 2.75) is 65.2 Å². The van der Waals surface area contributed by atoms with Gasteiger partial charge in [-0.3, -0.25) is 0 Å². The van der Waals surface area contributed by atoms with E-state index in [0.717, 1.165) is 12.1 Å². The Bertz CT molecular complexity index is 680. The quantitative estimate of drug-likeness (QED) is 0.809. The van der Waals surface area contributed by atoms with E-state index in [9.17, 15) is 0 Å². The molecule has 22 heavy (non-hydrogen) atoms. The Labute approximate surface area is 134 Å².